The van der Waals surface area contributed by atoms with Crippen LogP contribution in [0.1, 0.15) is 39.3 Å². The van der Waals surface area contributed by atoms with E-state index in [9.17, 15) is 8.42 Å². The third kappa shape index (κ3) is 4.30. The first-order valence-electron chi connectivity index (χ1n) is 6.57. The van der Waals surface area contributed by atoms with E-state index < -0.39 is 10.0 Å². The first-order valence-corrected chi connectivity index (χ1v) is 8.05. The van der Waals surface area contributed by atoms with E-state index in [1.165, 1.54) is 0 Å². The molecule has 19 heavy (non-hydrogen) atoms. The van der Waals surface area contributed by atoms with Crippen molar-refractivity contribution in [3.8, 4) is 0 Å². The van der Waals surface area contributed by atoms with Crippen molar-refractivity contribution in [1.29, 1.82) is 0 Å². The highest BCUT2D eigenvalue weighted by atomic mass is 32.2. The SMILES string of the molecule is CNC(C)c1ccc(S(=O)(=O)NC(C)C(C)C)cc1. The van der Waals surface area contributed by atoms with Crippen molar-refractivity contribution in [1.82, 2.24) is 10.0 Å². The van der Waals surface area contributed by atoms with E-state index >= 15 is 0 Å². The summed E-state index contributed by atoms with van der Waals surface area (Å²) >= 11 is 0. The van der Waals surface area contributed by atoms with Crippen LogP contribution < -0.4 is 10.0 Å². The van der Waals surface area contributed by atoms with Gasteiger partial charge in [-0.3, -0.25) is 0 Å². The maximum atomic E-state index is 12.2. The summed E-state index contributed by atoms with van der Waals surface area (Å²) < 4.78 is 27.0. The molecule has 108 valence electrons. The van der Waals surface area contributed by atoms with Gasteiger partial charge in [0.2, 0.25) is 10.0 Å². The van der Waals surface area contributed by atoms with Crippen molar-refractivity contribution in [3.63, 3.8) is 0 Å². The monoisotopic (exact) mass is 284 g/mol. The van der Waals surface area contributed by atoms with Crippen molar-refractivity contribution >= 4 is 10.0 Å². The molecule has 2 unspecified atom stereocenters. The number of benzene rings is 1. The fourth-order valence-corrected chi connectivity index (χ4v) is 2.94. The maximum Gasteiger partial charge on any atom is 0.240 e. The third-order valence-corrected chi connectivity index (χ3v) is 5.04. The lowest BCUT2D eigenvalue weighted by Crippen LogP contribution is -2.36. The second-order valence-electron chi connectivity index (χ2n) is 5.23. The fraction of sp³-hybridized carbons (Fsp3) is 0.571. The molecular formula is C14H24N2O2S. The molecule has 1 aromatic rings. The molecule has 0 aliphatic rings. The van der Waals surface area contributed by atoms with E-state index in [1.807, 2.05) is 46.9 Å². The lowest BCUT2D eigenvalue weighted by atomic mass is 10.1. The Labute approximate surface area is 116 Å². The van der Waals surface area contributed by atoms with Gasteiger partial charge in [0.25, 0.3) is 0 Å². The highest BCUT2D eigenvalue weighted by Crippen LogP contribution is 2.16. The van der Waals surface area contributed by atoms with Crippen LogP contribution in [0.5, 0.6) is 0 Å². The molecule has 0 radical (unpaired) electrons. The number of nitrogens with one attached hydrogen (secondary N) is 2. The lowest BCUT2D eigenvalue weighted by Gasteiger charge is -2.18. The van der Waals surface area contributed by atoms with Crippen molar-refractivity contribution in [3.05, 3.63) is 29.8 Å². The molecule has 0 aromatic heterocycles. The zero-order valence-electron chi connectivity index (χ0n) is 12.3. The van der Waals surface area contributed by atoms with Gasteiger partial charge in [-0.2, -0.15) is 0 Å². The summed E-state index contributed by atoms with van der Waals surface area (Å²) in [6, 6.07) is 7.11. The smallest absolute Gasteiger partial charge is 0.240 e. The van der Waals surface area contributed by atoms with E-state index in [0.29, 0.717) is 4.90 Å². The van der Waals surface area contributed by atoms with Gasteiger partial charge in [-0.05, 0) is 44.5 Å². The Morgan fingerprint density at radius 3 is 1.95 bits per heavy atom. The Hall–Kier alpha value is -0.910. The molecule has 0 aliphatic heterocycles. The molecule has 0 heterocycles. The largest absolute Gasteiger partial charge is 0.313 e. The predicted octanol–water partition coefficient (Wildman–Crippen LogP) is 2.29. The normalized spacial score (nSPS) is 15.5. The minimum absolute atomic E-state index is 0.0825. The van der Waals surface area contributed by atoms with Gasteiger partial charge in [-0.1, -0.05) is 26.0 Å². The summed E-state index contributed by atoms with van der Waals surface area (Å²) in [5.41, 5.74) is 1.07. The maximum absolute atomic E-state index is 12.2. The third-order valence-electron chi connectivity index (χ3n) is 3.46. The molecule has 1 rings (SSSR count). The van der Waals surface area contributed by atoms with Gasteiger partial charge in [0, 0.05) is 12.1 Å². The Balaban J connectivity index is 2.91. The van der Waals surface area contributed by atoms with Gasteiger partial charge in [0.15, 0.2) is 0 Å². The van der Waals surface area contributed by atoms with Gasteiger partial charge in [0.05, 0.1) is 4.90 Å². The van der Waals surface area contributed by atoms with Gasteiger partial charge in [-0.15, -0.1) is 0 Å². The van der Waals surface area contributed by atoms with Gasteiger partial charge >= 0.3 is 0 Å². The number of rotatable bonds is 6. The molecule has 1 aromatic carbocycles. The van der Waals surface area contributed by atoms with Crippen LogP contribution in [0.2, 0.25) is 0 Å². The summed E-state index contributed by atoms with van der Waals surface area (Å²) in [4.78, 5) is 0.312. The van der Waals surface area contributed by atoms with Crippen LogP contribution in [0, 0.1) is 5.92 Å². The van der Waals surface area contributed by atoms with E-state index in [-0.39, 0.29) is 18.0 Å². The molecule has 0 aliphatic carbocycles. The van der Waals surface area contributed by atoms with Gasteiger partial charge in [-0.25, -0.2) is 13.1 Å². The summed E-state index contributed by atoms with van der Waals surface area (Å²) in [5.74, 6) is 0.262. The van der Waals surface area contributed by atoms with E-state index in [2.05, 4.69) is 10.0 Å². The Bertz CT molecular complexity index is 495. The highest BCUT2D eigenvalue weighted by Gasteiger charge is 2.19. The Kier molecular flexibility index (Phi) is 5.52. The lowest BCUT2D eigenvalue weighted by molar-refractivity contribution is 0.476. The zero-order chi connectivity index (χ0) is 14.6. The van der Waals surface area contributed by atoms with Gasteiger partial charge in [0.1, 0.15) is 0 Å². The zero-order valence-corrected chi connectivity index (χ0v) is 13.1. The highest BCUT2D eigenvalue weighted by molar-refractivity contribution is 7.89. The number of hydrogen-bond donors (Lipinski definition) is 2. The Morgan fingerprint density at radius 1 is 1.00 bits per heavy atom. The van der Waals surface area contributed by atoms with Crippen molar-refractivity contribution < 1.29 is 8.42 Å². The summed E-state index contributed by atoms with van der Waals surface area (Å²) in [7, 11) is -1.55. The van der Waals surface area contributed by atoms with Crippen molar-refractivity contribution in [2.75, 3.05) is 7.05 Å². The van der Waals surface area contributed by atoms with Crippen LogP contribution in [0.15, 0.2) is 29.2 Å². The first kappa shape index (κ1) is 16.1. The molecule has 0 saturated heterocycles. The quantitative estimate of drug-likeness (QED) is 0.842. The van der Waals surface area contributed by atoms with Crippen LogP contribution in [0.25, 0.3) is 0 Å². The van der Waals surface area contributed by atoms with Crippen LogP contribution in [0.3, 0.4) is 0 Å². The van der Waals surface area contributed by atoms with Crippen LogP contribution in [0.4, 0.5) is 0 Å². The van der Waals surface area contributed by atoms with Gasteiger partial charge < -0.3 is 5.32 Å². The molecule has 2 N–H and O–H groups in total. The average molecular weight is 284 g/mol. The second-order valence-corrected chi connectivity index (χ2v) is 6.95. The number of hydrogen-bond acceptors (Lipinski definition) is 3. The molecule has 0 fully saturated rings. The Morgan fingerprint density at radius 2 is 1.53 bits per heavy atom. The molecule has 0 amide bonds. The topological polar surface area (TPSA) is 58.2 Å². The molecule has 0 spiro atoms. The summed E-state index contributed by atoms with van der Waals surface area (Å²) in [6.07, 6.45) is 0. The van der Waals surface area contributed by atoms with E-state index in [4.69, 9.17) is 0 Å². The first-order chi connectivity index (χ1) is 8.77. The van der Waals surface area contributed by atoms with E-state index in [1.54, 1.807) is 12.1 Å². The fourth-order valence-electron chi connectivity index (χ4n) is 1.55. The molecule has 0 bridgehead atoms. The summed E-state index contributed by atoms with van der Waals surface area (Å²) in [6.45, 7) is 7.89. The van der Waals surface area contributed by atoms with Crippen LogP contribution in [-0.4, -0.2) is 21.5 Å². The molecule has 0 saturated carbocycles. The van der Waals surface area contributed by atoms with E-state index in [0.717, 1.165) is 5.56 Å². The molecule has 5 heteroatoms. The standard InChI is InChI=1S/C14H24N2O2S/c1-10(2)11(3)16-19(17,18)14-8-6-13(7-9-14)12(4)15-5/h6-12,15-16H,1-5H3. The van der Waals surface area contributed by atoms with Crippen LogP contribution in [-0.2, 0) is 10.0 Å². The summed E-state index contributed by atoms with van der Waals surface area (Å²) in [5, 5.41) is 3.12. The minimum Gasteiger partial charge on any atom is -0.313 e. The molecule has 4 nitrogen and oxygen atoms in total. The minimum atomic E-state index is -3.42. The number of sulfonamides is 1. The van der Waals surface area contributed by atoms with Crippen LogP contribution >= 0.6 is 0 Å². The second kappa shape index (κ2) is 6.50. The molecular weight excluding hydrogens is 260 g/mol. The average Bonchev–Trinajstić information content (AvgIpc) is 2.37. The van der Waals surface area contributed by atoms with Crippen molar-refractivity contribution in [2.24, 2.45) is 5.92 Å². The predicted molar refractivity (Wildman–Crippen MR) is 78.5 cm³/mol. The van der Waals surface area contributed by atoms with Crippen molar-refractivity contribution in [2.45, 2.75) is 44.7 Å². The molecule has 2 atom stereocenters.